The van der Waals surface area contributed by atoms with Gasteiger partial charge in [0.25, 0.3) is 0 Å². The molecule has 0 saturated carbocycles. The van der Waals surface area contributed by atoms with Crippen molar-refractivity contribution in [2.24, 2.45) is 17.8 Å². The number of rotatable bonds is 13. The Morgan fingerprint density at radius 1 is 1.08 bits per heavy atom. The van der Waals surface area contributed by atoms with Gasteiger partial charge in [-0.1, -0.05) is 59.3 Å². The van der Waals surface area contributed by atoms with Crippen LogP contribution in [0.5, 0.6) is 0 Å². The Balaban J connectivity index is 2.75. The maximum absolute atomic E-state index is 13.0. The van der Waals surface area contributed by atoms with Crippen LogP contribution in [0.15, 0.2) is 0 Å². The molecule has 0 radical (unpaired) electrons. The summed E-state index contributed by atoms with van der Waals surface area (Å²) in [4.78, 5) is 38.6. The highest BCUT2D eigenvalue weighted by Gasteiger charge is 2.44. The second-order valence-electron chi connectivity index (χ2n) is 8.26. The lowest BCUT2D eigenvalue weighted by molar-refractivity contribution is -0.143. The highest BCUT2D eigenvalue weighted by molar-refractivity contribution is 6.58. The van der Waals surface area contributed by atoms with Gasteiger partial charge < -0.3 is 4.79 Å². The molecule has 0 aliphatic carbocycles. The van der Waals surface area contributed by atoms with Crippen LogP contribution in [0.1, 0.15) is 91.9 Å². The van der Waals surface area contributed by atoms with Gasteiger partial charge in [0.2, 0.25) is 11.8 Å². The smallest absolute Gasteiger partial charge is 0.233 e. The van der Waals surface area contributed by atoms with E-state index >= 15 is 0 Å². The Kier molecular flexibility index (Phi) is 10.2. The molecule has 0 aromatic rings. The summed E-state index contributed by atoms with van der Waals surface area (Å²) in [6, 6.07) is -0.189. The van der Waals surface area contributed by atoms with E-state index in [1.54, 1.807) is 7.85 Å². The van der Waals surface area contributed by atoms with Crippen LogP contribution >= 0.6 is 0 Å². The normalized spacial score (nSPS) is 21.1. The Hall–Kier alpha value is -1.13. The Bertz CT molecular complexity index is 480. The summed E-state index contributed by atoms with van der Waals surface area (Å²) < 4.78 is 0. The van der Waals surface area contributed by atoms with E-state index in [2.05, 4.69) is 13.8 Å². The molecule has 4 nitrogen and oxygen atoms in total. The molecule has 1 fully saturated rings. The van der Waals surface area contributed by atoms with Crippen molar-refractivity contribution in [3.63, 3.8) is 0 Å². The lowest BCUT2D eigenvalue weighted by Gasteiger charge is -2.27. The van der Waals surface area contributed by atoms with Gasteiger partial charge in [-0.2, -0.15) is 0 Å². The van der Waals surface area contributed by atoms with Crippen LogP contribution in [0.4, 0.5) is 0 Å². The quantitative estimate of drug-likeness (QED) is 0.285. The molecular formula is C21H38BNO3. The second kappa shape index (κ2) is 11.6. The first-order chi connectivity index (χ1) is 12.3. The van der Waals surface area contributed by atoms with E-state index < -0.39 is 0 Å². The largest absolute Gasteiger partial charge is 0.312 e. The van der Waals surface area contributed by atoms with Crippen molar-refractivity contribution in [3.05, 3.63) is 0 Å². The third-order valence-electron chi connectivity index (χ3n) is 5.97. The number of hydrogen-bond donors (Lipinski definition) is 0. The number of nitrogens with zero attached hydrogens (tertiary/aromatic N) is 1. The molecule has 4 atom stereocenters. The Labute approximate surface area is 160 Å². The van der Waals surface area contributed by atoms with Crippen molar-refractivity contribution in [2.45, 2.75) is 97.9 Å². The lowest BCUT2D eigenvalue weighted by atomic mass is 9.82. The molecule has 1 aliphatic rings. The molecule has 0 bridgehead atoms. The van der Waals surface area contributed by atoms with Crippen molar-refractivity contribution in [3.8, 4) is 0 Å². The molecule has 1 aliphatic heterocycles. The van der Waals surface area contributed by atoms with Crippen molar-refractivity contribution in [2.75, 3.05) is 0 Å². The van der Waals surface area contributed by atoms with Crippen LogP contribution in [-0.2, 0) is 14.4 Å². The van der Waals surface area contributed by atoms with Gasteiger partial charge in [0.05, 0.1) is 11.6 Å². The summed E-state index contributed by atoms with van der Waals surface area (Å²) in [5.41, 5.74) is 0.115. The van der Waals surface area contributed by atoms with Gasteiger partial charge in [0.1, 0.15) is 0 Å². The molecule has 2 amide bonds. The van der Waals surface area contributed by atoms with Crippen LogP contribution in [0.2, 0.25) is 0 Å². The molecular weight excluding hydrogens is 325 g/mol. The minimum atomic E-state index is -0.189. The van der Waals surface area contributed by atoms with Crippen LogP contribution in [0.3, 0.4) is 0 Å². The molecule has 1 heterocycles. The van der Waals surface area contributed by atoms with E-state index in [0.29, 0.717) is 18.8 Å². The fourth-order valence-corrected chi connectivity index (χ4v) is 4.14. The van der Waals surface area contributed by atoms with E-state index in [-0.39, 0.29) is 35.4 Å². The Morgan fingerprint density at radius 2 is 1.69 bits per heavy atom. The number of imide groups is 1. The monoisotopic (exact) mass is 363 g/mol. The third-order valence-corrected chi connectivity index (χ3v) is 5.97. The van der Waals surface area contributed by atoms with E-state index in [9.17, 15) is 14.4 Å². The zero-order valence-corrected chi connectivity index (χ0v) is 17.6. The minimum absolute atomic E-state index is 0.00912. The number of carbonyl (C=O) groups is 3. The summed E-state index contributed by atoms with van der Waals surface area (Å²) in [7, 11) is 1.57. The van der Waals surface area contributed by atoms with Gasteiger partial charge in [-0.3, -0.25) is 14.5 Å². The number of amides is 2. The third kappa shape index (κ3) is 6.55. The van der Waals surface area contributed by atoms with Crippen LogP contribution in [0.25, 0.3) is 0 Å². The first-order valence-corrected chi connectivity index (χ1v) is 10.7. The van der Waals surface area contributed by atoms with Crippen molar-refractivity contribution in [1.82, 2.24) is 4.90 Å². The molecule has 0 spiro atoms. The standard InChI is InChI=1S/C21H38BNO3/c1-5-7-9-10-12-17(11-8-6-2)18-14-19(24)23(21(18)26)16(4)13-15(3)20(22)25/h15-18H,5-14,22H2,1-4H3. The summed E-state index contributed by atoms with van der Waals surface area (Å²) in [5, 5.41) is 0. The zero-order chi connectivity index (χ0) is 19.7. The molecule has 4 unspecified atom stereocenters. The average molecular weight is 363 g/mol. The number of unbranched alkanes of at least 4 members (excludes halogenated alkanes) is 4. The van der Waals surface area contributed by atoms with Crippen LogP contribution in [0, 0.1) is 17.8 Å². The highest BCUT2D eigenvalue weighted by Crippen LogP contribution is 2.35. The minimum Gasteiger partial charge on any atom is -0.312 e. The summed E-state index contributed by atoms with van der Waals surface area (Å²) in [6.45, 7) is 8.15. The summed E-state index contributed by atoms with van der Waals surface area (Å²) in [6.07, 6.45) is 10.1. The molecule has 5 heteroatoms. The first-order valence-electron chi connectivity index (χ1n) is 10.7. The predicted octanol–water partition coefficient (Wildman–Crippen LogP) is 3.71. The number of likely N-dealkylation sites (tertiary alicyclic amines) is 1. The fraction of sp³-hybridized carbons (Fsp3) is 0.857. The molecule has 148 valence electrons. The molecule has 0 aromatic heterocycles. The zero-order valence-electron chi connectivity index (χ0n) is 17.6. The van der Waals surface area contributed by atoms with Gasteiger partial charge in [-0.25, -0.2) is 0 Å². The van der Waals surface area contributed by atoms with Gasteiger partial charge >= 0.3 is 0 Å². The van der Waals surface area contributed by atoms with Gasteiger partial charge in [-0.15, -0.1) is 0 Å². The van der Waals surface area contributed by atoms with Crippen molar-refractivity contribution < 1.29 is 14.4 Å². The predicted molar refractivity (Wildman–Crippen MR) is 109 cm³/mol. The summed E-state index contributed by atoms with van der Waals surface area (Å²) in [5.74, 6) is 0.0270. The van der Waals surface area contributed by atoms with E-state index in [1.807, 2.05) is 13.8 Å². The first kappa shape index (κ1) is 22.9. The molecule has 0 N–H and O–H groups in total. The van der Waals surface area contributed by atoms with E-state index in [0.717, 1.165) is 32.1 Å². The van der Waals surface area contributed by atoms with Crippen LogP contribution < -0.4 is 0 Å². The number of hydrogen-bond acceptors (Lipinski definition) is 3. The van der Waals surface area contributed by atoms with Gasteiger partial charge in [0.15, 0.2) is 7.85 Å². The SMILES string of the molecule is BC(=O)C(C)CC(C)N1C(=O)CC(C(CCCC)CCCCCC)C1=O. The van der Waals surface area contributed by atoms with Crippen LogP contribution in [-0.4, -0.2) is 36.3 Å². The Morgan fingerprint density at radius 3 is 2.27 bits per heavy atom. The van der Waals surface area contributed by atoms with E-state index in [1.165, 1.54) is 24.2 Å². The maximum Gasteiger partial charge on any atom is 0.233 e. The molecule has 1 saturated heterocycles. The molecule has 26 heavy (non-hydrogen) atoms. The maximum atomic E-state index is 13.0. The second-order valence-corrected chi connectivity index (χ2v) is 8.26. The topological polar surface area (TPSA) is 54.5 Å². The highest BCUT2D eigenvalue weighted by atomic mass is 16.2. The van der Waals surface area contributed by atoms with Crippen molar-refractivity contribution >= 4 is 25.3 Å². The summed E-state index contributed by atoms with van der Waals surface area (Å²) >= 11 is 0. The molecule has 0 aromatic carbocycles. The van der Waals surface area contributed by atoms with Gasteiger partial charge in [0, 0.05) is 18.4 Å². The molecule has 1 rings (SSSR count). The number of carbonyl (C=O) groups excluding carboxylic acids is 3. The van der Waals surface area contributed by atoms with Crippen molar-refractivity contribution in [1.29, 1.82) is 0 Å². The fourth-order valence-electron chi connectivity index (χ4n) is 4.14. The van der Waals surface area contributed by atoms with E-state index in [4.69, 9.17) is 0 Å². The average Bonchev–Trinajstić information content (AvgIpc) is 2.88. The van der Waals surface area contributed by atoms with Gasteiger partial charge in [-0.05, 0) is 32.1 Å². The lowest BCUT2D eigenvalue weighted by Crippen LogP contribution is -2.41.